The van der Waals surface area contributed by atoms with Crippen LogP contribution in [0.2, 0.25) is 10.0 Å². The highest BCUT2D eigenvalue weighted by molar-refractivity contribution is 9.10. The van der Waals surface area contributed by atoms with Crippen LogP contribution in [0.1, 0.15) is 17.5 Å². The molecule has 0 saturated carbocycles. The maximum absolute atomic E-state index is 12.7. The van der Waals surface area contributed by atoms with E-state index in [1.165, 1.54) is 4.90 Å². The number of halogens is 3. The van der Waals surface area contributed by atoms with Gasteiger partial charge in [0.05, 0.1) is 21.7 Å². The Bertz CT molecular complexity index is 901. The van der Waals surface area contributed by atoms with Crippen LogP contribution in [-0.2, 0) is 9.59 Å². The summed E-state index contributed by atoms with van der Waals surface area (Å²) >= 11 is 15.7. The van der Waals surface area contributed by atoms with Crippen LogP contribution in [0.3, 0.4) is 0 Å². The third kappa shape index (κ3) is 3.75. The maximum Gasteiger partial charge on any atom is 0.229 e. The second-order valence-electron chi connectivity index (χ2n) is 6.38. The highest BCUT2D eigenvalue weighted by Crippen LogP contribution is 2.36. The molecule has 7 heteroatoms. The Hall–Kier alpha value is -1.56. The lowest BCUT2D eigenvalue weighted by molar-refractivity contribution is -0.122. The first kappa shape index (κ1) is 19.2. The molecule has 1 aliphatic heterocycles. The van der Waals surface area contributed by atoms with Gasteiger partial charge in [-0.1, -0.05) is 45.2 Å². The number of hydrogen-bond acceptors (Lipinski definition) is 2. The zero-order chi connectivity index (χ0) is 19.0. The van der Waals surface area contributed by atoms with Gasteiger partial charge in [0.1, 0.15) is 0 Å². The summed E-state index contributed by atoms with van der Waals surface area (Å²) in [4.78, 5) is 26.6. The Kier molecular flexibility index (Phi) is 5.61. The predicted octanol–water partition coefficient (Wildman–Crippen LogP) is 5.36. The molecule has 1 N–H and O–H groups in total. The first-order valence-corrected chi connectivity index (χ1v) is 9.65. The van der Waals surface area contributed by atoms with Crippen LogP contribution in [0.25, 0.3) is 0 Å². The summed E-state index contributed by atoms with van der Waals surface area (Å²) in [5.74, 6) is -0.761. The topological polar surface area (TPSA) is 49.4 Å². The molecule has 2 amide bonds. The fraction of sp³-hybridized carbons (Fsp3) is 0.263. The van der Waals surface area contributed by atoms with E-state index in [1.54, 1.807) is 18.2 Å². The number of hydrogen-bond donors (Lipinski definition) is 1. The van der Waals surface area contributed by atoms with Gasteiger partial charge in [0.2, 0.25) is 11.8 Å². The number of nitrogens with one attached hydrogen (secondary N) is 1. The van der Waals surface area contributed by atoms with Crippen molar-refractivity contribution in [3.05, 3.63) is 56.0 Å². The molecule has 0 unspecified atom stereocenters. The van der Waals surface area contributed by atoms with Gasteiger partial charge in [-0.2, -0.15) is 0 Å². The second kappa shape index (κ2) is 7.59. The Balaban J connectivity index is 1.77. The van der Waals surface area contributed by atoms with E-state index in [0.717, 1.165) is 21.3 Å². The van der Waals surface area contributed by atoms with Crippen LogP contribution in [0.15, 0.2) is 34.8 Å². The number of nitrogens with zero attached hydrogens (tertiary/aromatic N) is 1. The van der Waals surface area contributed by atoms with E-state index in [1.807, 2.05) is 26.0 Å². The van der Waals surface area contributed by atoms with E-state index in [2.05, 4.69) is 21.2 Å². The van der Waals surface area contributed by atoms with E-state index in [0.29, 0.717) is 15.7 Å². The number of aryl methyl sites for hydroxylation is 2. The van der Waals surface area contributed by atoms with E-state index < -0.39 is 5.92 Å². The zero-order valence-corrected chi connectivity index (χ0v) is 17.4. The number of rotatable bonds is 3. The van der Waals surface area contributed by atoms with E-state index in [9.17, 15) is 9.59 Å². The third-order valence-corrected chi connectivity index (χ3v) is 6.14. The largest absolute Gasteiger partial charge is 0.326 e. The van der Waals surface area contributed by atoms with Gasteiger partial charge < -0.3 is 10.2 Å². The smallest absolute Gasteiger partial charge is 0.229 e. The third-order valence-electron chi connectivity index (χ3n) is 4.48. The molecule has 1 heterocycles. The van der Waals surface area contributed by atoms with Crippen molar-refractivity contribution in [2.45, 2.75) is 20.3 Å². The number of amides is 2. The minimum atomic E-state index is -0.444. The Morgan fingerprint density at radius 3 is 2.69 bits per heavy atom. The van der Waals surface area contributed by atoms with Crippen LogP contribution in [0.5, 0.6) is 0 Å². The van der Waals surface area contributed by atoms with Crippen molar-refractivity contribution in [1.82, 2.24) is 0 Å². The Labute approximate surface area is 170 Å². The number of anilines is 2. The Morgan fingerprint density at radius 1 is 1.23 bits per heavy atom. The van der Waals surface area contributed by atoms with Crippen LogP contribution in [0, 0.1) is 19.8 Å². The van der Waals surface area contributed by atoms with Crippen LogP contribution >= 0.6 is 39.1 Å². The molecule has 0 aromatic heterocycles. The van der Waals surface area contributed by atoms with Crippen molar-refractivity contribution in [2.75, 3.05) is 16.8 Å². The molecular formula is C19H17BrCl2N2O2. The molecule has 1 aliphatic rings. The van der Waals surface area contributed by atoms with Gasteiger partial charge in [-0.25, -0.2) is 0 Å². The molecule has 0 bridgehead atoms. The second-order valence-corrected chi connectivity index (χ2v) is 8.02. The van der Waals surface area contributed by atoms with Crippen LogP contribution < -0.4 is 10.2 Å². The Morgan fingerprint density at radius 2 is 1.96 bits per heavy atom. The van der Waals surface area contributed by atoms with E-state index in [-0.39, 0.29) is 24.8 Å². The van der Waals surface area contributed by atoms with Crippen molar-refractivity contribution in [2.24, 2.45) is 5.92 Å². The van der Waals surface area contributed by atoms with E-state index in [4.69, 9.17) is 23.2 Å². The van der Waals surface area contributed by atoms with Crippen molar-refractivity contribution in [3.63, 3.8) is 0 Å². The summed E-state index contributed by atoms with van der Waals surface area (Å²) < 4.78 is 0.991. The molecule has 0 spiro atoms. The van der Waals surface area contributed by atoms with Gasteiger partial charge in [-0.15, -0.1) is 0 Å². The molecule has 1 saturated heterocycles. The van der Waals surface area contributed by atoms with Crippen molar-refractivity contribution in [1.29, 1.82) is 0 Å². The molecular weight excluding hydrogens is 439 g/mol. The molecule has 0 aliphatic carbocycles. The van der Waals surface area contributed by atoms with Gasteiger partial charge in [-0.05, 0) is 49.2 Å². The number of carbonyl (C=O) groups excluding carboxylic acids is 2. The zero-order valence-electron chi connectivity index (χ0n) is 14.3. The average molecular weight is 456 g/mol. The molecule has 1 fully saturated rings. The summed E-state index contributed by atoms with van der Waals surface area (Å²) in [5.41, 5.74) is 3.27. The van der Waals surface area contributed by atoms with Crippen molar-refractivity contribution < 1.29 is 9.59 Å². The minimum absolute atomic E-state index is 0.141. The molecule has 3 rings (SSSR count). The lowest BCUT2D eigenvalue weighted by atomic mass is 10.1. The minimum Gasteiger partial charge on any atom is -0.326 e. The lowest BCUT2D eigenvalue weighted by Gasteiger charge is -2.19. The summed E-state index contributed by atoms with van der Waals surface area (Å²) in [6.45, 7) is 4.16. The molecule has 2 aromatic carbocycles. The maximum atomic E-state index is 12.7. The first-order valence-electron chi connectivity index (χ1n) is 8.10. The van der Waals surface area contributed by atoms with Gasteiger partial charge in [0.15, 0.2) is 0 Å². The summed E-state index contributed by atoms with van der Waals surface area (Å²) in [6.07, 6.45) is 0.142. The molecule has 26 heavy (non-hydrogen) atoms. The summed E-state index contributed by atoms with van der Waals surface area (Å²) in [5, 5.41) is 3.64. The molecule has 4 nitrogen and oxygen atoms in total. The van der Waals surface area contributed by atoms with Gasteiger partial charge >= 0.3 is 0 Å². The number of benzene rings is 2. The SMILES string of the molecule is Cc1cc(NC(=O)[C@@H]2CC(=O)N(c3cccc(Cl)c3Cl)C2)c(C)cc1Br. The average Bonchev–Trinajstić information content (AvgIpc) is 2.97. The standard InChI is InChI=1S/C19H17BrCl2N2O2/c1-10-7-15(11(2)6-13(10)20)23-19(26)12-8-17(25)24(9-12)16-5-3-4-14(21)18(16)22/h3-7,12H,8-9H2,1-2H3,(H,23,26)/t12-/m1/s1. The van der Waals surface area contributed by atoms with Crippen LogP contribution in [-0.4, -0.2) is 18.4 Å². The highest BCUT2D eigenvalue weighted by atomic mass is 79.9. The molecule has 0 radical (unpaired) electrons. The van der Waals surface area contributed by atoms with Gasteiger partial charge in [0, 0.05) is 23.1 Å². The normalized spacial score (nSPS) is 16.9. The quantitative estimate of drug-likeness (QED) is 0.676. The van der Waals surface area contributed by atoms with Gasteiger partial charge in [-0.3, -0.25) is 9.59 Å². The summed E-state index contributed by atoms with van der Waals surface area (Å²) in [7, 11) is 0. The van der Waals surface area contributed by atoms with Gasteiger partial charge in [0.25, 0.3) is 0 Å². The molecule has 2 aromatic rings. The van der Waals surface area contributed by atoms with Crippen molar-refractivity contribution in [3.8, 4) is 0 Å². The monoisotopic (exact) mass is 454 g/mol. The molecule has 136 valence electrons. The fourth-order valence-electron chi connectivity index (χ4n) is 2.97. The fourth-order valence-corrected chi connectivity index (χ4v) is 3.82. The van der Waals surface area contributed by atoms with E-state index >= 15 is 0 Å². The van der Waals surface area contributed by atoms with Crippen molar-refractivity contribution >= 4 is 62.3 Å². The molecule has 1 atom stereocenters. The highest BCUT2D eigenvalue weighted by Gasteiger charge is 2.36. The van der Waals surface area contributed by atoms with Crippen LogP contribution in [0.4, 0.5) is 11.4 Å². The summed E-state index contributed by atoms with van der Waals surface area (Å²) in [6, 6.07) is 9.01. The number of carbonyl (C=O) groups is 2. The lowest BCUT2D eigenvalue weighted by Crippen LogP contribution is -2.28. The predicted molar refractivity (Wildman–Crippen MR) is 109 cm³/mol. The first-order chi connectivity index (χ1) is 12.3.